The number of fused-ring (bicyclic) bond motifs is 1. The number of hydrogen-bond acceptors (Lipinski definition) is 3. The van der Waals surface area contributed by atoms with Crippen LogP contribution in [0, 0.1) is 5.41 Å². The summed E-state index contributed by atoms with van der Waals surface area (Å²) in [5.41, 5.74) is 1.30. The van der Waals surface area contributed by atoms with Crippen LogP contribution in [0.15, 0.2) is 64.4 Å². The Morgan fingerprint density at radius 1 is 1.00 bits per heavy atom. The van der Waals surface area contributed by atoms with E-state index in [0.29, 0.717) is 16.0 Å². The van der Waals surface area contributed by atoms with Gasteiger partial charge in [0.15, 0.2) is 0 Å². The first kappa shape index (κ1) is 11.9. The van der Waals surface area contributed by atoms with Crippen LogP contribution in [-0.4, -0.2) is 15.0 Å². The van der Waals surface area contributed by atoms with E-state index in [1.807, 2.05) is 18.2 Å². The van der Waals surface area contributed by atoms with E-state index >= 15 is 0 Å². The van der Waals surface area contributed by atoms with Gasteiger partial charge in [0.25, 0.3) is 0 Å². The van der Waals surface area contributed by atoms with E-state index in [4.69, 9.17) is 5.41 Å². The van der Waals surface area contributed by atoms with E-state index in [0.717, 1.165) is 0 Å². The Hall–Kier alpha value is -2.20. The molecule has 1 atom stereocenters. The summed E-state index contributed by atoms with van der Waals surface area (Å²) in [4.78, 5) is 0.753. The van der Waals surface area contributed by atoms with Crippen LogP contribution in [0.3, 0.4) is 0 Å². The maximum Gasteiger partial charge on any atom is 0.142 e. The van der Waals surface area contributed by atoms with Crippen molar-refractivity contribution in [3.8, 4) is 0 Å². The van der Waals surface area contributed by atoms with Crippen LogP contribution in [0.4, 0.5) is 0 Å². The number of benzene rings is 2. The van der Waals surface area contributed by atoms with Gasteiger partial charge in [-0.1, -0.05) is 42.5 Å². The van der Waals surface area contributed by atoms with Gasteiger partial charge in [-0.05, 0) is 12.1 Å². The van der Waals surface area contributed by atoms with Crippen LogP contribution in [0.5, 0.6) is 0 Å². The Bertz CT molecular complexity index is 720. The largest absolute Gasteiger partial charge is 0.506 e. The lowest BCUT2D eigenvalue weighted by Gasteiger charge is -2.04. The minimum Gasteiger partial charge on any atom is -0.506 e. The molecule has 94 valence electrons. The van der Waals surface area contributed by atoms with E-state index in [1.54, 1.807) is 36.4 Å². The fraction of sp³-hybridized carbons (Fsp3) is 0. The normalized spacial score (nSPS) is 17.4. The molecule has 19 heavy (non-hydrogen) atoms. The summed E-state index contributed by atoms with van der Waals surface area (Å²) >= 11 is 0. The lowest BCUT2D eigenvalue weighted by atomic mass is 10.1. The van der Waals surface area contributed by atoms with Crippen LogP contribution < -0.4 is 0 Å². The summed E-state index contributed by atoms with van der Waals surface area (Å²) in [5.74, 6) is -0.0530. The number of allylic oxidation sites excluding steroid dienone is 1. The van der Waals surface area contributed by atoms with Gasteiger partial charge in [0.05, 0.1) is 21.4 Å². The fourth-order valence-corrected chi connectivity index (χ4v) is 3.47. The zero-order valence-electron chi connectivity index (χ0n) is 9.96. The molecule has 1 aliphatic rings. The molecule has 0 saturated heterocycles. The summed E-state index contributed by atoms with van der Waals surface area (Å²) in [6.45, 7) is 0. The first-order chi connectivity index (χ1) is 9.20. The van der Waals surface area contributed by atoms with Crippen LogP contribution in [0.2, 0.25) is 0 Å². The Labute approximate surface area is 113 Å². The molecule has 0 amide bonds. The zero-order valence-corrected chi connectivity index (χ0v) is 10.8. The third kappa shape index (κ3) is 1.81. The summed E-state index contributed by atoms with van der Waals surface area (Å²) in [6, 6.07) is 16.0. The molecule has 0 fully saturated rings. The van der Waals surface area contributed by atoms with Crippen LogP contribution in [-0.2, 0) is 10.8 Å². The first-order valence-corrected chi connectivity index (χ1v) is 6.94. The van der Waals surface area contributed by atoms with E-state index in [-0.39, 0.29) is 16.4 Å². The van der Waals surface area contributed by atoms with Crippen molar-refractivity contribution in [3.05, 3.63) is 70.6 Å². The number of hydrogen-bond donors (Lipinski definition) is 2. The van der Waals surface area contributed by atoms with E-state index < -0.39 is 10.8 Å². The van der Waals surface area contributed by atoms with E-state index in [1.165, 1.54) is 0 Å². The van der Waals surface area contributed by atoms with Gasteiger partial charge in [0, 0.05) is 11.1 Å². The molecule has 0 bridgehead atoms. The Morgan fingerprint density at radius 2 is 1.63 bits per heavy atom. The number of aliphatic hydroxyl groups excluding tert-OH is 1. The second-order valence-electron chi connectivity index (χ2n) is 4.18. The van der Waals surface area contributed by atoms with Gasteiger partial charge >= 0.3 is 0 Å². The summed E-state index contributed by atoms with van der Waals surface area (Å²) in [6.07, 6.45) is 0. The molecule has 0 radical (unpaired) electrons. The zero-order chi connectivity index (χ0) is 13.4. The highest BCUT2D eigenvalue weighted by atomic mass is 32.2. The molecular weight excluding hydrogens is 258 g/mol. The van der Waals surface area contributed by atoms with Crippen molar-refractivity contribution in [2.75, 3.05) is 0 Å². The number of aliphatic hydroxyl groups is 1. The molecule has 2 N–H and O–H groups in total. The molecule has 1 unspecified atom stereocenters. The average molecular weight is 269 g/mol. The quantitative estimate of drug-likeness (QED) is 0.823. The van der Waals surface area contributed by atoms with Crippen molar-refractivity contribution < 1.29 is 9.32 Å². The predicted molar refractivity (Wildman–Crippen MR) is 75.7 cm³/mol. The smallest absolute Gasteiger partial charge is 0.142 e. The average Bonchev–Trinajstić information content (AvgIpc) is 2.72. The van der Waals surface area contributed by atoms with Gasteiger partial charge in [0.2, 0.25) is 0 Å². The lowest BCUT2D eigenvalue weighted by Crippen LogP contribution is -2.07. The van der Waals surface area contributed by atoms with E-state index in [2.05, 4.69) is 0 Å². The summed E-state index contributed by atoms with van der Waals surface area (Å²) in [7, 11) is -1.49. The molecule has 4 heteroatoms. The molecule has 0 spiro atoms. The molecule has 0 aliphatic carbocycles. The van der Waals surface area contributed by atoms with Crippen LogP contribution in [0.1, 0.15) is 11.1 Å². The van der Waals surface area contributed by atoms with Gasteiger partial charge in [-0.3, -0.25) is 5.41 Å². The highest BCUT2D eigenvalue weighted by Crippen LogP contribution is 2.36. The minimum absolute atomic E-state index is 0.0530. The van der Waals surface area contributed by atoms with Crippen molar-refractivity contribution in [3.63, 3.8) is 0 Å². The molecule has 1 heterocycles. The number of rotatable bonds is 2. The summed E-state index contributed by atoms with van der Waals surface area (Å²) in [5, 5.41) is 18.3. The van der Waals surface area contributed by atoms with Crippen molar-refractivity contribution >= 4 is 22.3 Å². The van der Waals surface area contributed by atoms with Crippen LogP contribution >= 0.6 is 0 Å². The third-order valence-electron chi connectivity index (χ3n) is 3.03. The molecule has 2 aromatic rings. The van der Waals surface area contributed by atoms with Crippen LogP contribution in [0.25, 0.3) is 5.76 Å². The molecule has 3 nitrogen and oxygen atoms in total. The molecule has 3 rings (SSSR count). The molecule has 0 aromatic heterocycles. The van der Waals surface area contributed by atoms with Crippen molar-refractivity contribution in [1.82, 2.24) is 0 Å². The maximum atomic E-state index is 12.4. The summed E-state index contributed by atoms with van der Waals surface area (Å²) < 4.78 is 12.4. The second kappa shape index (κ2) is 4.48. The van der Waals surface area contributed by atoms with Gasteiger partial charge in [-0.15, -0.1) is 0 Å². The van der Waals surface area contributed by atoms with Gasteiger partial charge in [-0.25, -0.2) is 4.21 Å². The van der Waals surface area contributed by atoms with Gasteiger partial charge in [0.1, 0.15) is 10.7 Å². The Kier molecular flexibility index (Phi) is 2.80. The van der Waals surface area contributed by atoms with Gasteiger partial charge < -0.3 is 5.11 Å². The Balaban J connectivity index is 2.11. The van der Waals surface area contributed by atoms with Crippen molar-refractivity contribution in [2.45, 2.75) is 4.90 Å². The topological polar surface area (TPSA) is 61.1 Å². The lowest BCUT2D eigenvalue weighted by molar-refractivity contribution is 0.511. The highest BCUT2D eigenvalue weighted by Gasteiger charge is 2.31. The molecule has 2 aromatic carbocycles. The second-order valence-corrected chi connectivity index (χ2v) is 5.57. The minimum atomic E-state index is -1.49. The fourth-order valence-electron chi connectivity index (χ4n) is 2.09. The SMILES string of the molecule is N=C(C1=C(O)c2ccccc2S1=O)c1ccccc1. The molecule has 0 saturated carbocycles. The molecular formula is C15H11NO2S. The molecule has 1 aliphatic heterocycles. The van der Waals surface area contributed by atoms with E-state index in [9.17, 15) is 9.32 Å². The van der Waals surface area contributed by atoms with Crippen molar-refractivity contribution in [1.29, 1.82) is 5.41 Å². The van der Waals surface area contributed by atoms with Gasteiger partial charge in [-0.2, -0.15) is 0 Å². The first-order valence-electron chi connectivity index (χ1n) is 5.79. The number of nitrogens with one attached hydrogen (secondary N) is 1. The standard InChI is InChI=1S/C15H11NO2S/c16-13(10-6-2-1-3-7-10)15-14(17)11-8-4-5-9-12(11)19(15)18/h1-9,16-17H. The monoisotopic (exact) mass is 269 g/mol. The predicted octanol–water partition coefficient (Wildman–Crippen LogP) is 3.10. The van der Waals surface area contributed by atoms with Crippen molar-refractivity contribution in [2.24, 2.45) is 0 Å². The Morgan fingerprint density at radius 3 is 2.32 bits per heavy atom. The maximum absolute atomic E-state index is 12.4. The highest BCUT2D eigenvalue weighted by molar-refractivity contribution is 7.90. The third-order valence-corrected chi connectivity index (χ3v) is 4.56.